The summed E-state index contributed by atoms with van der Waals surface area (Å²) >= 11 is 0. The maximum atomic E-state index is 12.7. The summed E-state index contributed by atoms with van der Waals surface area (Å²) in [6.07, 6.45) is 0. The Morgan fingerprint density at radius 2 is 1.79 bits per heavy atom. The van der Waals surface area contributed by atoms with Crippen LogP contribution in [0.5, 0.6) is 0 Å². The molecule has 0 aromatic heterocycles. The zero-order valence-electron chi connectivity index (χ0n) is 7.43. The molecule has 0 saturated heterocycles. The van der Waals surface area contributed by atoms with E-state index >= 15 is 0 Å². The Morgan fingerprint density at radius 1 is 1.21 bits per heavy atom. The lowest BCUT2D eigenvalue weighted by Crippen LogP contribution is -2.35. The summed E-state index contributed by atoms with van der Waals surface area (Å²) in [4.78, 5) is 0. The fraction of sp³-hybridized carbons (Fsp3) is 0.333. The van der Waals surface area contributed by atoms with Gasteiger partial charge in [-0.15, -0.1) is 0 Å². The smallest absolute Gasteiger partial charge is 0.276 e. The van der Waals surface area contributed by atoms with Crippen LogP contribution in [0.15, 0.2) is 24.3 Å². The fourth-order valence-corrected chi connectivity index (χ4v) is 0.871. The van der Waals surface area contributed by atoms with Gasteiger partial charge in [-0.3, -0.25) is 0 Å². The Balaban J connectivity index is 2.50. The van der Waals surface area contributed by atoms with Gasteiger partial charge in [0.1, 0.15) is 5.82 Å². The Labute approximate surface area is 79.9 Å². The number of anilines is 1. The van der Waals surface area contributed by atoms with E-state index in [9.17, 15) is 13.2 Å². The van der Waals surface area contributed by atoms with E-state index in [1.54, 1.807) is 0 Å². The lowest BCUT2D eigenvalue weighted by atomic mass is 10.3. The van der Waals surface area contributed by atoms with E-state index in [0.717, 1.165) is 0 Å². The molecule has 0 aliphatic carbocycles. The van der Waals surface area contributed by atoms with Crippen LogP contribution in [-0.2, 0) is 0 Å². The second-order valence-electron chi connectivity index (χ2n) is 2.92. The van der Waals surface area contributed by atoms with E-state index in [0.29, 0.717) is 5.69 Å². The van der Waals surface area contributed by atoms with Gasteiger partial charge in [-0.05, 0) is 24.3 Å². The molecule has 3 N–H and O–H groups in total. The number of nitrogens with two attached hydrogens (primary N) is 1. The van der Waals surface area contributed by atoms with Crippen molar-refractivity contribution in [2.24, 2.45) is 5.73 Å². The molecule has 0 spiro atoms. The molecule has 1 aromatic rings. The van der Waals surface area contributed by atoms with E-state index in [-0.39, 0.29) is 0 Å². The summed E-state index contributed by atoms with van der Waals surface area (Å²) in [7, 11) is 0. The molecule has 0 radical (unpaired) electrons. The Kier molecular flexibility index (Phi) is 3.35. The molecule has 2 nitrogen and oxygen atoms in total. The summed E-state index contributed by atoms with van der Waals surface area (Å²) < 4.78 is 37.7. The number of rotatable bonds is 4. The third-order valence-electron chi connectivity index (χ3n) is 1.69. The van der Waals surface area contributed by atoms with E-state index in [2.05, 4.69) is 5.32 Å². The van der Waals surface area contributed by atoms with Crippen LogP contribution in [-0.4, -0.2) is 19.0 Å². The lowest BCUT2D eigenvalue weighted by molar-refractivity contribution is 0.0254. The number of hydrogen-bond acceptors (Lipinski definition) is 2. The standard InChI is InChI=1S/C9H11F3N2/c10-7-1-3-8(4-2-7)14-6-9(11,12)5-13/h1-4,14H,5-6,13H2. The molecule has 0 fully saturated rings. The van der Waals surface area contributed by atoms with Gasteiger partial charge in [0, 0.05) is 5.69 Å². The Bertz CT molecular complexity index is 285. The zero-order valence-corrected chi connectivity index (χ0v) is 7.43. The topological polar surface area (TPSA) is 38.0 Å². The molecule has 78 valence electrons. The van der Waals surface area contributed by atoms with Crippen LogP contribution >= 0.6 is 0 Å². The van der Waals surface area contributed by atoms with Gasteiger partial charge < -0.3 is 11.1 Å². The minimum atomic E-state index is -2.94. The van der Waals surface area contributed by atoms with Crippen molar-refractivity contribution in [1.82, 2.24) is 0 Å². The quantitative estimate of drug-likeness (QED) is 0.785. The minimum Gasteiger partial charge on any atom is -0.379 e. The molecule has 0 amide bonds. The van der Waals surface area contributed by atoms with Crippen LogP contribution in [0.2, 0.25) is 0 Å². The van der Waals surface area contributed by atoms with Gasteiger partial charge >= 0.3 is 0 Å². The Morgan fingerprint density at radius 3 is 2.29 bits per heavy atom. The van der Waals surface area contributed by atoms with E-state index in [4.69, 9.17) is 5.73 Å². The van der Waals surface area contributed by atoms with E-state index in [1.807, 2.05) is 0 Å². The molecule has 0 bridgehead atoms. The highest BCUT2D eigenvalue weighted by atomic mass is 19.3. The van der Waals surface area contributed by atoms with Crippen LogP contribution in [0.4, 0.5) is 18.9 Å². The third-order valence-corrected chi connectivity index (χ3v) is 1.69. The maximum absolute atomic E-state index is 12.7. The normalized spacial score (nSPS) is 11.4. The molecule has 1 rings (SSSR count). The highest BCUT2D eigenvalue weighted by Gasteiger charge is 2.25. The predicted octanol–water partition coefficient (Wildman–Crippen LogP) is 1.83. The van der Waals surface area contributed by atoms with Crippen LogP contribution in [0, 0.1) is 5.82 Å². The van der Waals surface area contributed by atoms with Gasteiger partial charge in [-0.2, -0.15) is 0 Å². The average molecular weight is 204 g/mol. The average Bonchev–Trinajstić information content (AvgIpc) is 2.17. The SMILES string of the molecule is NCC(F)(F)CNc1ccc(F)cc1. The molecule has 0 atom stereocenters. The summed E-state index contributed by atoms with van der Waals surface area (Å²) in [5, 5.41) is 2.47. The third kappa shape index (κ3) is 3.26. The number of benzene rings is 1. The van der Waals surface area contributed by atoms with Gasteiger partial charge in [0.05, 0.1) is 13.1 Å². The minimum absolute atomic E-state index is 0.402. The van der Waals surface area contributed by atoms with Gasteiger partial charge in [0.15, 0.2) is 0 Å². The van der Waals surface area contributed by atoms with E-state index in [1.165, 1.54) is 24.3 Å². The zero-order chi connectivity index (χ0) is 10.6. The molecule has 0 aliphatic rings. The first-order valence-corrected chi connectivity index (χ1v) is 4.11. The first kappa shape index (κ1) is 10.8. The van der Waals surface area contributed by atoms with Crippen LogP contribution < -0.4 is 11.1 Å². The van der Waals surface area contributed by atoms with Crippen molar-refractivity contribution < 1.29 is 13.2 Å². The van der Waals surface area contributed by atoms with Gasteiger partial charge in [-0.1, -0.05) is 0 Å². The lowest BCUT2D eigenvalue weighted by Gasteiger charge is -2.15. The monoisotopic (exact) mass is 204 g/mol. The molecule has 0 unspecified atom stereocenters. The summed E-state index contributed by atoms with van der Waals surface area (Å²) in [5.74, 6) is -3.34. The van der Waals surface area contributed by atoms with Crippen molar-refractivity contribution in [1.29, 1.82) is 0 Å². The predicted molar refractivity (Wildman–Crippen MR) is 48.9 cm³/mol. The Hall–Kier alpha value is -1.23. The van der Waals surface area contributed by atoms with Gasteiger partial charge in [-0.25, -0.2) is 13.2 Å². The summed E-state index contributed by atoms with van der Waals surface area (Å²) in [6, 6.07) is 5.18. The van der Waals surface area contributed by atoms with Gasteiger partial charge in [0.2, 0.25) is 0 Å². The van der Waals surface area contributed by atoms with Crippen molar-refractivity contribution in [3.8, 4) is 0 Å². The number of hydrogen-bond donors (Lipinski definition) is 2. The van der Waals surface area contributed by atoms with Crippen molar-refractivity contribution in [2.45, 2.75) is 5.92 Å². The van der Waals surface area contributed by atoms with Crippen molar-refractivity contribution >= 4 is 5.69 Å². The highest BCUT2D eigenvalue weighted by molar-refractivity contribution is 5.42. The number of halogens is 3. The van der Waals surface area contributed by atoms with Crippen LogP contribution in [0.3, 0.4) is 0 Å². The first-order chi connectivity index (χ1) is 6.53. The van der Waals surface area contributed by atoms with Crippen molar-refractivity contribution in [3.05, 3.63) is 30.1 Å². The molecule has 5 heteroatoms. The summed E-state index contributed by atoms with van der Waals surface area (Å²) in [6.45, 7) is -1.25. The molecule has 0 heterocycles. The molecule has 0 aliphatic heterocycles. The largest absolute Gasteiger partial charge is 0.379 e. The molecular formula is C9H11F3N2. The van der Waals surface area contributed by atoms with Crippen LogP contribution in [0.25, 0.3) is 0 Å². The molecule has 1 aromatic carbocycles. The molecule has 0 saturated carbocycles. The molecular weight excluding hydrogens is 193 g/mol. The van der Waals surface area contributed by atoms with Crippen molar-refractivity contribution in [2.75, 3.05) is 18.4 Å². The van der Waals surface area contributed by atoms with Gasteiger partial charge in [0.25, 0.3) is 5.92 Å². The second kappa shape index (κ2) is 4.32. The van der Waals surface area contributed by atoms with Crippen LogP contribution in [0.1, 0.15) is 0 Å². The fourth-order valence-electron chi connectivity index (χ4n) is 0.871. The maximum Gasteiger partial charge on any atom is 0.276 e. The first-order valence-electron chi connectivity index (χ1n) is 4.11. The van der Waals surface area contributed by atoms with E-state index < -0.39 is 24.8 Å². The summed E-state index contributed by atoms with van der Waals surface area (Å²) in [5.41, 5.74) is 5.29. The molecule has 14 heavy (non-hydrogen) atoms. The van der Waals surface area contributed by atoms with Crippen molar-refractivity contribution in [3.63, 3.8) is 0 Å². The number of alkyl halides is 2. The highest BCUT2D eigenvalue weighted by Crippen LogP contribution is 2.14. The second-order valence-corrected chi connectivity index (χ2v) is 2.92. The number of nitrogens with one attached hydrogen (secondary N) is 1.